The SMILES string of the molecule is CC(C)Cc1ccc(C(C)C(=O)NC(=S)NC2CCC(C(C)(C)C)CC2)cc1. The minimum absolute atomic E-state index is 0.0440. The molecule has 2 rings (SSSR count). The van der Waals surface area contributed by atoms with E-state index in [2.05, 4.69) is 69.5 Å². The molecule has 4 heteroatoms. The second kappa shape index (κ2) is 9.87. The standard InChI is InChI=1S/C24H38N2OS/c1-16(2)15-18-7-9-19(10-8-18)17(3)22(27)26-23(28)25-21-13-11-20(12-14-21)24(4,5)6/h7-10,16-17,20-21H,11-15H2,1-6H3,(H2,25,26,27,28). The minimum Gasteiger partial charge on any atom is -0.360 e. The lowest BCUT2D eigenvalue weighted by Gasteiger charge is -2.37. The zero-order chi connectivity index (χ0) is 20.9. The number of carbonyl (C=O) groups is 1. The van der Waals surface area contributed by atoms with Gasteiger partial charge in [0.2, 0.25) is 5.91 Å². The first kappa shape index (κ1) is 22.9. The molecule has 0 aliphatic heterocycles. The van der Waals surface area contributed by atoms with Crippen LogP contribution in [-0.2, 0) is 11.2 Å². The molecule has 1 unspecified atom stereocenters. The minimum atomic E-state index is -0.218. The Balaban J connectivity index is 1.81. The zero-order valence-electron chi connectivity index (χ0n) is 18.5. The monoisotopic (exact) mass is 402 g/mol. The number of amides is 1. The Hall–Kier alpha value is -1.42. The first-order valence-corrected chi connectivity index (χ1v) is 11.2. The maximum absolute atomic E-state index is 12.6. The van der Waals surface area contributed by atoms with Gasteiger partial charge in [0.05, 0.1) is 5.92 Å². The maximum Gasteiger partial charge on any atom is 0.233 e. The van der Waals surface area contributed by atoms with Crippen LogP contribution in [0.1, 0.15) is 84.3 Å². The molecule has 1 amide bonds. The summed E-state index contributed by atoms with van der Waals surface area (Å²) in [5.74, 6) is 1.14. The summed E-state index contributed by atoms with van der Waals surface area (Å²) in [6.45, 7) is 13.3. The van der Waals surface area contributed by atoms with E-state index in [1.165, 1.54) is 18.4 Å². The fraction of sp³-hybridized carbons (Fsp3) is 0.667. The lowest BCUT2D eigenvalue weighted by molar-refractivity contribution is -0.120. The number of benzene rings is 1. The molecular formula is C24H38N2OS. The van der Waals surface area contributed by atoms with Crippen LogP contribution in [0, 0.1) is 17.3 Å². The number of rotatable bonds is 5. The van der Waals surface area contributed by atoms with Gasteiger partial charge in [0.15, 0.2) is 5.11 Å². The fourth-order valence-electron chi connectivity index (χ4n) is 4.11. The molecule has 3 nitrogen and oxygen atoms in total. The van der Waals surface area contributed by atoms with E-state index in [0.29, 0.717) is 22.5 Å². The van der Waals surface area contributed by atoms with Gasteiger partial charge in [-0.3, -0.25) is 4.79 Å². The van der Waals surface area contributed by atoms with Gasteiger partial charge >= 0.3 is 0 Å². The van der Waals surface area contributed by atoms with Gasteiger partial charge in [-0.2, -0.15) is 0 Å². The highest BCUT2D eigenvalue weighted by Crippen LogP contribution is 2.37. The molecular weight excluding hydrogens is 364 g/mol. The number of hydrogen-bond acceptors (Lipinski definition) is 2. The van der Waals surface area contributed by atoms with Gasteiger partial charge in [-0.05, 0) is 79.6 Å². The molecule has 0 heterocycles. The molecule has 1 aliphatic carbocycles. The summed E-state index contributed by atoms with van der Waals surface area (Å²) in [5, 5.41) is 6.72. The van der Waals surface area contributed by atoms with Crippen LogP contribution in [0.25, 0.3) is 0 Å². The van der Waals surface area contributed by atoms with Crippen molar-refractivity contribution >= 4 is 23.2 Å². The van der Waals surface area contributed by atoms with E-state index in [0.717, 1.165) is 30.7 Å². The predicted molar refractivity (Wildman–Crippen MR) is 122 cm³/mol. The van der Waals surface area contributed by atoms with Gasteiger partial charge in [0.25, 0.3) is 0 Å². The maximum atomic E-state index is 12.6. The molecule has 0 aromatic heterocycles. The van der Waals surface area contributed by atoms with Crippen LogP contribution in [0.2, 0.25) is 0 Å². The van der Waals surface area contributed by atoms with Crippen molar-refractivity contribution in [1.82, 2.24) is 10.6 Å². The molecule has 0 saturated heterocycles. The first-order valence-electron chi connectivity index (χ1n) is 10.8. The van der Waals surface area contributed by atoms with Crippen molar-refractivity contribution in [2.45, 2.75) is 85.6 Å². The van der Waals surface area contributed by atoms with E-state index in [1.807, 2.05) is 6.92 Å². The van der Waals surface area contributed by atoms with Crippen molar-refractivity contribution in [2.75, 3.05) is 0 Å². The lowest BCUT2D eigenvalue weighted by atomic mass is 9.71. The van der Waals surface area contributed by atoms with Crippen LogP contribution < -0.4 is 10.6 Å². The molecule has 1 atom stereocenters. The predicted octanol–water partition coefficient (Wildman–Crippen LogP) is 5.58. The Labute approximate surface area is 177 Å². The summed E-state index contributed by atoms with van der Waals surface area (Å²) in [7, 11) is 0. The molecule has 0 bridgehead atoms. The average Bonchev–Trinajstić information content (AvgIpc) is 2.60. The smallest absolute Gasteiger partial charge is 0.233 e. The molecule has 0 spiro atoms. The van der Waals surface area contributed by atoms with Crippen molar-refractivity contribution in [2.24, 2.45) is 17.3 Å². The van der Waals surface area contributed by atoms with E-state index in [9.17, 15) is 4.79 Å². The first-order chi connectivity index (χ1) is 13.1. The molecule has 28 heavy (non-hydrogen) atoms. The van der Waals surface area contributed by atoms with E-state index in [4.69, 9.17) is 12.2 Å². The van der Waals surface area contributed by atoms with E-state index in [-0.39, 0.29) is 11.8 Å². The lowest BCUT2D eigenvalue weighted by Crippen LogP contribution is -2.47. The summed E-state index contributed by atoms with van der Waals surface area (Å²) in [4.78, 5) is 12.6. The Bertz CT molecular complexity index is 652. The molecule has 156 valence electrons. The van der Waals surface area contributed by atoms with Gasteiger partial charge in [0, 0.05) is 6.04 Å². The Kier molecular flexibility index (Phi) is 8.06. The van der Waals surface area contributed by atoms with Crippen molar-refractivity contribution in [3.63, 3.8) is 0 Å². The molecule has 0 radical (unpaired) electrons. The summed E-state index contributed by atoms with van der Waals surface area (Å²) in [6.07, 6.45) is 5.73. The number of nitrogens with one attached hydrogen (secondary N) is 2. The zero-order valence-corrected chi connectivity index (χ0v) is 19.3. The van der Waals surface area contributed by atoms with Gasteiger partial charge in [-0.1, -0.05) is 58.9 Å². The second-order valence-electron chi connectivity index (χ2n) is 9.94. The van der Waals surface area contributed by atoms with E-state index >= 15 is 0 Å². The third kappa shape index (κ3) is 6.88. The van der Waals surface area contributed by atoms with Gasteiger partial charge in [-0.15, -0.1) is 0 Å². The molecule has 2 N–H and O–H groups in total. The normalized spacial score (nSPS) is 21.2. The molecule has 1 saturated carbocycles. The second-order valence-corrected chi connectivity index (χ2v) is 10.3. The Morgan fingerprint density at radius 2 is 1.64 bits per heavy atom. The van der Waals surface area contributed by atoms with Crippen molar-refractivity contribution < 1.29 is 4.79 Å². The summed E-state index contributed by atoms with van der Waals surface area (Å²) in [5.41, 5.74) is 2.72. The topological polar surface area (TPSA) is 41.1 Å². The van der Waals surface area contributed by atoms with Crippen LogP contribution in [-0.4, -0.2) is 17.1 Å². The highest BCUT2D eigenvalue weighted by atomic mass is 32.1. The van der Waals surface area contributed by atoms with E-state index in [1.54, 1.807) is 0 Å². The van der Waals surface area contributed by atoms with Gasteiger partial charge in [0.1, 0.15) is 0 Å². The number of hydrogen-bond donors (Lipinski definition) is 2. The molecule has 1 fully saturated rings. The van der Waals surface area contributed by atoms with Crippen LogP contribution in [0.5, 0.6) is 0 Å². The van der Waals surface area contributed by atoms with Gasteiger partial charge < -0.3 is 10.6 Å². The highest BCUT2D eigenvalue weighted by molar-refractivity contribution is 7.80. The Morgan fingerprint density at radius 3 is 2.14 bits per heavy atom. The van der Waals surface area contributed by atoms with Crippen LogP contribution in [0.4, 0.5) is 0 Å². The van der Waals surface area contributed by atoms with Crippen LogP contribution in [0.15, 0.2) is 24.3 Å². The molecule has 1 aromatic rings. The van der Waals surface area contributed by atoms with Crippen molar-refractivity contribution in [3.8, 4) is 0 Å². The fourth-order valence-corrected chi connectivity index (χ4v) is 4.38. The summed E-state index contributed by atoms with van der Waals surface area (Å²) >= 11 is 5.41. The third-order valence-electron chi connectivity index (χ3n) is 6.04. The number of carbonyl (C=O) groups excluding carboxylic acids is 1. The quantitative estimate of drug-likeness (QED) is 0.631. The van der Waals surface area contributed by atoms with Crippen LogP contribution in [0.3, 0.4) is 0 Å². The van der Waals surface area contributed by atoms with Gasteiger partial charge in [-0.25, -0.2) is 0 Å². The van der Waals surface area contributed by atoms with Crippen molar-refractivity contribution in [3.05, 3.63) is 35.4 Å². The summed E-state index contributed by atoms with van der Waals surface area (Å²) in [6, 6.07) is 8.75. The molecule has 1 aromatic carbocycles. The van der Waals surface area contributed by atoms with Crippen molar-refractivity contribution in [1.29, 1.82) is 0 Å². The molecule has 1 aliphatic rings. The summed E-state index contributed by atoms with van der Waals surface area (Å²) < 4.78 is 0. The highest BCUT2D eigenvalue weighted by Gasteiger charge is 2.30. The van der Waals surface area contributed by atoms with E-state index < -0.39 is 0 Å². The Morgan fingerprint density at radius 1 is 1.07 bits per heavy atom. The average molecular weight is 403 g/mol. The number of thiocarbonyl (C=S) groups is 1. The third-order valence-corrected chi connectivity index (χ3v) is 6.26. The van der Waals surface area contributed by atoms with Crippen LogP contribution >= 0.6 is 12.2 Å². The largest absolute Gasteiger partial charge is 0.360 e.